The smallest absolute Gasteiger partial charge is 0.128 e. The maximum absolute atomic E-state index is 9.62. The minimum absolute atomic E-state index is 0.0132. The molecule has 15 aromatic rings. The van der Waals surface area contributed by atoms with Crippen LogP contribution in [0.4, 0.5) is 0 Å². The van der Waals surface area contributed by atoms with Crippen molar-refractivity contribution in [3.8, 4) is 39.4 Å². The Morgan fingerprint density at radius 1 is 0.452 bits per heavy atom. The summed E-state index contributed by atoms with van der Waals surface area (Å²) in [5.41, 5.74) is 25.1. The van der Waals surface area contributed by atoms with Gasteiger partial charge in [-0.1, -0.05) is 180 Å². The number of methoxy groups -OCH3 is 2. The first-order chi connectivity index (χ1) is 45.0. The molecular weight excluding hydrogens is 1160 g/mol. The van der Waals surface area contributed by atoms with Crippen LogP contribution in [0.15, 0.2) is 212 Å². The summed E-state index contributed by atoms with van der Waals surface area (Å²) >= 11 is 7.03. The molecule has 3 heterocycles. The first-order valence-corrected chi connectivity index (χ1v) is 32.7. The van der Waals surface area contributed by atoms with Crippen molar-refractivity contribution < 1.29 is 15.6 Å². The van der Waals surface area contributed by atoms with Crippen LogP contribution in [0.2, 0.25) is 5.02 Å². The summed E-state index contributed by atoms with van der Waals surface area (Å²) in [6.07, 6.45) is 0. The highest BCUT2D eigenvalue weighted by atomic mass is 35.5. The molecule has 6 heteroatoms. The van der Waals surface area contributed by atoms with Crippen LogP contribution in [-0.2, 0) is 26.5 Å². The molecule has 0 fully saturated rings. The van der Waals surface area contributed by atoms with Crippen molar-refractivity contribution in [3.05, 3.63) is 273 Å². The van der Waals surface area contributed by atoms with Crippen molar-refractivity contribution in [2.45, 2.75) is 105 Å². The van der Waals surface area contributed by atoms with Gasteiger partial charge in [0.25, 0.3) is 0 Å². The van der Waals surface area contributed by atoms with E-state index in [0.29, 0.717) is 5.02 Å². The minimum Gasteiger partial charge on any atom is -0.496 e. The van der Waals surface area contributed by atoms with Crippen LogP contribution in [0.3, 0.4) is 0 Å². The normalized spacial score (nSPS) is 16.0. The zero-order chi connectivity index (χ0) is 65.7. The molecule has 93 heavy (non-hydrogen) atoms. The monoisotopic (exact) mass is 1230 g/mol. The highest BCUT2D eigenvalue weighted by Crippen LogP contribution is 2.56. The Bertz CT molecular complexity index is 5630. The van der Waals surface area contributed by atoms with E-state index in [1.54, 1.807) is 14.2 Å². The Morgan fingerprint density at radius 3 is 1.47 bits per heavy atom. The number of ketones is 1. The van der Waals surface area contributed by atoms with Crippen molar-refractivity contribution in [3.63, 3.8) is 0 Å². The van der Waals surface area contributed by atoms with Crippen LogP contribution in [0.25, 0.3) is 109 Å². The van der Waals surface area contributed by atoms with Gasteiger partial charge in [0.05, 0.1) is 57.6 Å². The Kier molecular flexibility index (Phi) is 13.5. The number of aromatic nitrogens is 2. The molecule has 0 radical (unpaired) electrons. The van der Waals surface area contributed by atoms with E-state index in [2.05, 4.69) is 278 Å². The molecule has 0 saturated carbocycles. The van der Waals surface area contributed by atoms with E-state index in [9.17, 15) is 4.79 Å². The molecule has 0 amide bonds. The lowest BCUT2D eigenvalue weighted by Crippen LogP contribution is -2.22. The molecule has 12 aromatic carbocycles. The molecule has 0 saturated heterocycles. The van der Waals surface area contributed by atoms with Crippen LogP contribution < -0.4 is 9.47 Å². The molecule has 2 aliphatic carbocycles. The first-order valence-electron chi connectivity index (χ1n) is 33.1. The SMILES string of the molecule is COc1ccc(Cl)c2c1c1cc(C(C)(C)C)ccc1n2-c1ccc2cc3c(cc2c1)C(C)(c1ccccc1)c1cc(C)ccc1-3.COc1ccc2c3cc4cc5c(cc4cc3n3c4ccc(C(C)(C)C)cc4c1c23)C(C)(c1ccccc1)c1cc(C)ccc1-5.[2H]CC(C)=O. The van der Waals surface area contributed by atoms with E-state index in [1.807, 2.05) is 12.1 Å². The summed E-state index contributed by atoms with van der Waals surface area (Å²) in [5.74, 6) is 1.68. The standard InChI is InChI=1S/C42H36ClNO.C42H35NO.C3H6O/c1-25-12-16-31-32-22-26-13-15-30(21-27(26)23-35(32)42(5,34(31)20-25)28-10-8-7-9-11-28)44-37-18-14-29(41(2,3)4)24-33(37)39-38(45-6)19-17-36(43)40(39)44;1-24-12-14-29-31-19-25-20-32-30-15-17-38(44-6)39-33-23-28(41(2,3)4)13-16-36(33)43(40(30)39)37(32)22-26(25)21-35(31)42(5,34(29)18-24)27-10-8-7-9-11-27;1-3(2)4/h7-24H,1-6H3;7-23H,1-6H3;1-2H3/i;;1D. The number of carbonyl (C=O) groups is 1. The number of carbonyl (C=O) groups excluding carboxylic acids is 1. The van der Waals surface area contributed by atoms with Crippen LogP contribution in [0, 0.1) is 13.8 Å². The maximum atomic E-state index is 9.62. The Morgan fingerprint density at radius 2 is 0.935 bits per heavy atom. The largest absolute Gasteiger partial charge is 0.496 e. The lowest BCUT2D eigenvalue weighted by Gasteiger charge is -2.28. The fraction of sp³-hybridized carbons (Fsp3) is 0.207. The summed E-state index contributed by atoms with van der Waals surface area (Å²) in [6.45, 7) is 24.1. The number of nitrogens with zero attached hydrogens (tertiary/aromatic N) is 2. The van der Waals surface area contributed by atoms with Crippen molar-refractivity contribution in [2.75, 3.05) is 14.2 Å². The number of halogens is 1. The van der Waals surface area contributed by atoms with E-state index in [4.69, 9.17) is 22.4 Å². The lowest BCUT2D eigenvalue weighted by molar-refractivity contribution is -0.115. The third-order valence-electron chi connectivity index (χ3n) is 20.5. The molecule has 0 N–H and O–H groups in total. The molecule has 5 nitrogen and oxygen atoms in total. The fourth-order valence-electron chi connectivity index (χ4n) is 15.7. The summed E-state index contributed by atoms with van der Waals surface area (Å²) in [4.78, 5) is 9.62. The van der Waals surface area contributed by atoms with Gasteiger partial charge in [-0.25, -0.2) is 0 Å². The predicted molar refractivity (Wildman–Crippen MR) is 393 cm³/mol. The summed E-state index contributed by atoms with van der Waals surface area (Å²) in [7, 11) is 3.52. The molecule has 2 aliphatic rings. The zero-order valence-electron chi connectivity index (χ0n) is 56.4. The third kappa shape index (κ3) is 9.12. The molecular formula is C87H77ClN2O3. The van der Waals surface area contributed by atoms with Gasteiger partial charge < -0.3 is 23.2 Å². The number of fused-ring (bicyclic) bond motifs is 17. The van der Waals surface area contributed by atoms with Crippen LogP contribution >= 0.6 is 11.6 Å². The van der Waals surface area contributed by atoms with E-state index in [0.717, 1.165) is 39.0 Å². The van der Waals surface area contributed by atoms with Gasteiger partial charge in [-0.15, -0.1) is 0 Å². The minimum atomic E-state index is -0.255. The second-order valence-corrected chi connectivity index (χ2v) is 28.9. The maximum Gasteiger partial charge on any atom is 0.128 e. The second kappa shape index (κ2) is 21.4. The number of hydrogen-bond acceptors (Lipinski definition) is 3. The summed E-state index contributed by atoms with van der Waals surface area (Å²) < 4.78 is 23.0. The van der Waals surface area contributed by atoms with Gasteiger partial charge in [0.15, 0.2) is 0 Å². The Hall–Kier alpha value is -9.68. The van der Waals surface area contributed by atoms with E-state index in [-0.39, 0.29) is 34.3 Å². The molecule has 0 bridgehead atoms. The molecule has 0 spiro atoms. The highest BCUT2D eigenvalue weighted by molar-refractivity contribution is 6.37. The van der Waals surface area contributed by atoms with Crippen molar-refractivity contribution in [2.24, 2.45) is 0 Å². The van der Waals surface area contributed by atoms with Gasteiger partial charge >= 0.3 is 0 Å². The fourth-order valence-corrected chi connectivity index (χ4v) is 15.9. The number of ether oxygens (including phenoxy) is 2. The number of aryl methyl sites for hydroxylation is 2. The molecule has 460 valence electrons. The number of Topliss-reactive ketones (excluding diaryl/α,β-unsaturated/α-hetero) is 1. The second-order valence-electron chi connectivity index (χ2n) is 28.5. The Labute approximate surface area is 551 Å². The lowest BCUT2D eigenvalue weighted by atomic mass is 9.74. The van der Waals surface area contributed by atoms with Crippen molar-refractivity contribution >= 4 is 98.8 Å². The average Bonchev–Trinajstić information content (AvgIpc) is 1.54. The number of hydrogen-bond donors (Lipinski definition) is 0. The first kappa shape index (κ1) is 58.4. The molecule has 2 atom stereocenters. The van der Waals surface area contributed by atoms with Crippen molar-refractivity contribution in [1.29, 1.82) is 0 Å². The van der Waals surface area contributed by atoms with Gasteiger partial charge in [-0.05, 0) is 238 Å². The van der Waals surface area contributed by atoms with E-state index >= 15 is 0 Å². The van der Waals surface area contributed by atoms with Crippen LogP contribution in [0.1, 0.15) is 126 Å². The van der Waals surface area contributed by atoms with Crippen LogP contribution in [-0.4, -0.2) is 29.0 Å². The molecule has 0 aliphatic heterocycles. The van der Waals surface area contributed by atoms with E-state index < -0.39 is 0 Å². The van der Waals surface area contributed by atoms with E-state index in [1.165, 1.54) is 144 Å². The Balaban J connectivity index is 0.000000145. The highest BCUT2D eigenvalue weighted by Gasteiger charge is 2.43. The van der Waals surface area contributed by atoms with Crippen LogP contribution in [0.5, 0.6) is 11.5 Å². The third-order valence-corrected chi connectivity index (χ3v) is 20.8. The zero-order valence-corrected chi connectivity index (χ0v) is 56.2. The summed E-state index contributed by atoms with van der Waals surface area (Å²) in [6, 6.07) is 79.3. The molecule has 17 rings (SSSR count). The predicted octanol–water partition coefficient (Wildman–Crippen LogP) is 23.1. The van der Waals surface area contributed by atoms with Gasteiger partial charge in [-0.3, -0.25) is 0 Å². The number of rotatable bonds is 5. The van der Waals surface area contributed by atoms with Gasteiger partial charge in [0.2, 0.25) is 0 Å². The van der Waals surface area contributed by atoms with Gasteiger partial charge in [-0.2, -0.15) is 0 Å². The molecule has 3 aromatic heterocycles. The van der Waals surface area contributed by atoms with Gasteiger partial charge in [0, 0.05) is 39.4 Å². The molecule has 2 unspecified atom stereocenters. The van der Waals surface area contributed by atoms with Gasteiger partial charge in [0.1, 0.15) is 17.3 Å². The quantitative estimate of drug-likeness (QED) is 0.172. The average molecular weight is 1240 g/mol. The topological polar surface area (TPSA) is 44.9 Å². The van der Waals surface area contributed by atoms with Crippen molar-refractivity contribution in [1.82, 2.24) is 8.97 Å². The number of benzene rings is 12. The summed E-state index contributed by atoms with van der Waals surface area (Å²) in [5, 5.41) is 12.9.